The van der Waals surface area contributed by atoms with Gasteiger partial charge in [-0.1, -0.05) is 52.4 Å². The molecule has 5 heteroatoms. The predicted molar refractivity (Wildman–Crippen MR) is 173 cm³/mol. The molecule has 5 heterocycles. The van der Waals surface area contributed by atoms with Crippen LogP contribution in [-0.4, -0.2) is 4.98 Å². The lowest BCUT2D eigenvalue weighted by molar-refractivity contribution is 0.670. The average molecular weight is 576 g/mol. The van der Waals surface area contributed by atoms with Crippen LogP contribution in [0.25, 0.3) is 40.5 Å². The molecule has 0 spiro atoms. The highest BCUT2D eigenvalue weighted by Gasteiger charge is 2.11. The van der Waals surface area contributed by atoms with E-state index in [1.165, 1.54) is 109 Å². The zero-order valence-corrected chi connectivity index (χ0v) is 25.8. The van der Waals surface area contributed by atoms with Crippen LogP contribution in [0.2, 0.25) is 0 Å². The fourth-order valence-corrected chi connectivity index (χ4v) is 8.92. The minimum absolute atomic E-state index is 1.06. The van der Waals surface area contributed by atoms with Crippen LogP contribution in [0.15, 0.2) is 66.9 Å². The normalized spacial score (nSPS) is 11.4. The van der Waals surface area contributed by atoms with Crippen LogP contribution < -0.4 is 0 Å². The molecular weight excluding hydrogens is 539 g/mol. The molecule has 0 saturated carbocycles. The minimum Gasteiger partial charge on any atom is -0.255 e. The van der Waals surface area contributed by atoms with Gasteiger partial charge in [-0.3, -0.25) is 4.98 Å². The summed E-state index contributed by atoms with van der Waals surface area (Å²) in [5, 5.41) is 0. The molecule has 5 rings (SSSR count). The van der Waals surface area contributed by atoms with E-state index in [1.54, 1.807) is 0 Å². The first-order chi connectivity index (χ1) is 18.7. The highest BCUT2D eigenvalue weighted by molar-refractivity contribution is 7.24. The van der Waals surface area contributed by atoms with Gasteiger partial charge in [-0.25, -0.2) is 0 Å². The molecule has 198 valence electrons. The molecule has 0 aliphatic rings. The van der Waals surface area contributed by atoms with Crippen LogP contribution in [0, 0.1) is 0 Å². The maximum absolute atomic E-state index is 4.85. The SMILES string of the molecule is CCCCCCc1ccc(-c2ccc(-c3ccc(-c4ccc(-c5ccc(CCCCCC)s5)s4)nc3)s2)s1. The van der Waals surface area contributed by atoms with E-state index in [9.17, 15) is 0 Å². The van der Waals surface area contributed by atoms with Crippen LogP contribution in [0.1, 0.15) is 75.0 Å². The van der Waals surface area contributed by atoms with Gasteiger partial charge in [-0.2, -0.15) is 0 Å². The molecule has 1 nitrogen and oxygen atoms in total. The van der Waals surface area contributed by atoms with Gasteiger partial charge in [0.2, 0.25) is 0 Å². The molecule has 5 aromatic rings. The molecule has 0 atom stereocenters. The number of pyridine rings is 1. The Morgan fingerprint density at radius 3 is 1.53 bits per heavy atom. The summed E-state index contributed by atoms with van der Waals surface area (Å²) in [6, 6.07) is 22.6. The van der Waals surface area contributed by atoms with Crippen molar-refractivity contribution in [3.8, 4) is 40.5 Å². The lowest BCUT2D eigenvalue weighted by atomic mass is 10.1. The molecule has 0 N–H and O–H groups in total. The molecule has 0 amide bonds. The van der Waals surface area contributed by atoms with Gasteiger partial charge in [0.15, 0.2) is 0 Å². The van der Waals surface area contributed by atoms with E-state index >= 15 is 0 Å². The second kappa shape index (κ2) is 13.8. The summed E-state index contributed by atoms with van der Waals surface area (Å²) in [6.45, 7) is 4.55. The molecule has 0 unspecified atom stereocenters. The zero-order chi connectivity index (χ0) is 26.2. The Bertz CT molecular complexity index is 1290. The first-order valence-corrected chi connectivity index (χ1v) is 17.3. The van der Waals surface area contributed by atoms with Gasteiger partial charge >= 0.3 is 0 Å². The fourth-order valence-electron chi connectivity index (χ4n) is 4.66. The topological polar surface area (TPSA) is 12.9 Å². The van der Waals surface area contributed by atoms with E-state index in [-0.39, 0.29) is 0 Å². The number of unbranched alkanes of at least 4 members (excludes halogenated alkanes) is 6. The lowest BCUT2D eigenvalue weighted by Gasteiger charge is -2.00. The van der Waals surface area contributed by atoms with E-state index in [0.717, 1.165) is 5.69 Å². The van der Waals surface area contributed by atoms with Gasteiger partial charge in [-0.15, -0.1) is 45.3 Å². The number of thiophene rings is 4. The molecule has 0 aliphatic carbocycles. The Morgan fingerprint density at radius 2 is 0.974 bits per heavy atom. The molecular formula is C33H37NS4. The van der Waals surface area contributed by atoms with Crippen molar-refractivity contribution in [1.29, 1.82) is 0 Å². The van der Waals surface area contributed by atoms with E-state index in [2.05, 4.69) is 74.5 Å². The largest absolute Gasteiger partial charge is 0.255 e. The number of nitrogens with zero attached hydrogens (tertiary/aromatic N) is 1. The number of rotatable bonds is 14. The van der Waals surface area contributed by atoms with Gasteiger partial charge in [0, 0.05) is 45.9 Å². The number of hydrogen-bond donors (Lipinski definition) is 0. The molecule has 0 aliphatic heterocycles. The van der Waals surface area contributed by atoms with Gasteiger partial charge in [0.25, 0.3) is 0 Å². The van der Waals surface area contributed by atoms with Crippen molar-refractivity contribution in [3.63, 3.8) is 0 Å². The third-order valence-corrected chi connectivity index (χ3v) is 11.8. The van der Waals surface area contributed by atoms with Crippen LogP contribution in [0.5, 0.6) is 0 Å². The lowest BCUT2D eigenvalue weighted by Crippen LogP contribution is -1.80. The van der Waals surface area contributed by atoms with Crippen molar-refractivity contribution in [3.05, 3.63) is 76.6 Å². The summed E-state index contributed by atoms with van der Waals surface area (Å²) in [5.74, 6) is 0. The highest BCUT2D eigenvalue weighted by Crippen LogP contribution is 2.40. The first kappa shape index (κ1) is 27.5. The number of aromatic nitrogens is 1. The molecule has 0 aromatic carbocycles. The number of hydrogen-bond acceptors (Lipinski definition) is 5. The van der Waals surface area contributed by atoms with E-state index in [4.69, 9.17) is 4.98 Å². The van der Waals surface area contributed by atoms with Crippen molar-refractivity contribution in [1.82, 2.24) is 4.98 Å². The van der Waals surface area contributed by atoms with Gasteiger partial charge in [0.1, 0.15) is 0 Å². The Kier molecular flexibility index (Phi) is 10.0. The minimum atomic E-state index is 1.06. The average Bonchev–Trinajstić information content (AvgIpc) is 3.75. The third-order valence-electron chi connectivity index (χ3n) is 6.87. The Labute approximate surface area is 244 Å². The van der Waals surface area contributed by atoms with E-state index in [0.29, 0.717) is 0 Å². The maximum Gasteiger partial charge on any atom is 0.0802 e. The summed E-state index contributed by atoms with van der Waals surface area (Å²) in [7, 11) is 0. The van der Waals surface area contributed by atoms with Crippen LogP contribution in [0.4, 0.5) is 0 Å². The predicted octanol–water partition coefficient (Wildman–Crippen LogP) is 12.2. The number of aryl methyl sites for hydroxylation is 2. The van der Waals surface area contributed by atoms with Gasteiger partial charge < -0.3 is 0 Å². The van der Waals surface area contributed by atoms with Crippen molar-refractivity contribution >= 4 is 45.3 Å². The second-order valence-corrected chi connectivity index (χ2v) is 14.4. The summed E-state index contributed by atoms with van der Waals surface area (Å²) in [4.78, 5) is 15.9. The summed E-state index contributed by atoms with van der Waals surface area (Å²) >= 11 is 7.63. The van der Waals surface area contributed by atoms with Crippen LogP contribution in [-0.2, 0) is 12.8 Å². The molecule has 38 heavy (non-hydrogen) atoms. The first-order valence-electron chi connectivity index (χ1n) is 14.1. The third kappa shape index (κ3) is 7.12. The monoisotopic (exact) mass is 575 g/mol. The van der Waals surface area contributed by atoms with Crippen molar-refractivity contribution < 1.29 is 0 Å². The summed E-state index contributed by atoms with van der Waals surface area (Å²) < 4.78 is 0. The maximum atomic E-state index is 4.85. The zero-order valence-electron chi connectivity index (χ0n) is 22.5. The fraction of sp³-hybridized carbons (Fsp3) is 0.364. The Morgan fingerprint density at radius 1 is 0.474 bits per heavy atom. The smallest absolute Gasteiger partial charge is 0.0802 e. The van der Waals surface area contributed by atoms with E-state index in [1.807, 2.05) is 51.5 Å². The van der Waals surface area contributed by atoms with Crippen LogP contribution >= 0.6 is 45.3 Å². The van der Waals surface area contributed by atoms with Crippen molar-refractivity contribution in [2.45, 2.75) is 78.1 Å². The standard InChI is InChI=1S/C33H37NS4/c1-3-5-7-9-11-25-14-17-30(35-25)32-21-19-28(37-32)24-13-16-27(34-23-24)29-20-22-33(38-29)31-18-15-26(36-31)12-10-8-6-4-2/h13-23H,3-12H2,1-2H3. The summed E-state index contributed by atoms with van der Waals surface area (Å²) in [6.07, 6.45) is 15.1. The molecule has 0 saturated heterocycles. The quantitative estimate of drug-likeness (QED) is 0.120. The highest BCUT2D eigenvalue weighted by atomic mass is 32.1. The molecule has 5 aromatic heterocycles. The molecule has 0 fully saturated rings. The Balaban J connectivity index is 1.21. The van der Waals surface area contributed by atoms with Crippen LogP contribution in [0.3, 0.4) is 0 Å². The van der Waals surface area contributed by atoms with Gasteiger partial charge in [-0.05, 0) is 86.3 Å². The second-order valence-electron chi connectivity index (χ2n) is 9.91. The van der Waals surface area contributed by atoms with Crippen molar-refractivity contribution in [2.75, 3.05) is 0 Å². The summed E-state index contributed by atoms with van der Waals surface area (Å²) in [5.41, 5.74) is 2.26. The molecule has 0 radical (unpaired) electrons. The Hall–Kier alpha value is -2.05. The van der Waals surface area contributed by atoms with Gasteiger partial charge in [0.05, 0.1) is 10.6 Å². The van der Waals surface area contributed by atoms with E-state index < -0.39 is 0 Å². The van der Waals surface area contributed by atoms with Crippen molar-refractivity contribution in [2.24, 2.45) is 0 Å². The molecule has 0 bridgehead atoms.